The smallest absolute Gasteiger partial charge is 0.304 e. The number of aliphatic carboxylic acids is 1. The summed E-state index contributed by atoms with van der Waals surface area (Å²) in [5.74, 6) is -1.33. The lowest BCUT2D eigenvalue weighted by Crippen LogP contribution is -2.29. The van der Waals surface area contributed by atoms with Gasteiger partial charge in [0.2, 0.25) is 5.91 Å². The van der Waals surface area contributed by atoms with E-state index in [0.717, 1.165) is 22.3 Å². The molecule has 1 atom stereocenters. The molecule has 0 spiro atoms. The van der Waals surface area contributed by atoms with Gasteiger partial charge in [0.1, 0.15) is 12.4 Å². The Balaban J connectivity index is 1.71. The van der Waals surface area contributed by atoms with E-state index in [1.54, 1.807) is 38.4 Å². The first-order chi connectivity index (χ1) is 15.2. The number of hydrogen-bond acceptors (Lipinski definition) is 3. The molecule has 1 amide bonds. The molecule has 0 bridgehead atoms. The Labute approximate surface area is 193 Å². The van der Waals surface area contributed by atoms with Crippen molar-refractivity contribution in [2.45, 2.75) is 25.9 Å². The molecule has 166 valence electrons. The zero-order chi connectivity index (χ0) is 23.3. The molecule has 0 fully saturated rings. The summed E-state index contributed by atoms with van der Waals surface area (Å²) in [5, 5.41) is 9.89. The van der Waals surface area contributed by atoms with Crippen LogP contribution in [0.25, 0.3) is 11.1 Å². The number of carboxylic acid groups (broad SMARTS) is 1. The summed E-state index contributed by atoms with van der Waals surface area (Å²) in [6.07, 6.45) is -0.256. The summed E-state index contributed by atoms with van der Waals surface area (Å²) in [4.78, 5) is 25.0. The Kier molecular flexibility index (Phi) is 7.54. The molecule has 0 heterocycles. The molecule has 6 heteroatoms. The Hall–Kier alpha value is -3.31. The van der Waals surface area contributed by atoms with E-state index in [1.165, 1.54) is 4.90 Å². The highest BCUT2D eigenvalue weighted by molar-refractivity contribution is 6.30. The van der Waals surface area contributed by atoms with Gasteiger partial charge < -0.3 is 14.7 Å². The molecule has 1 N–H and O–H groups in total. The van der Waals surface area contributed by atoms with Crippen LogP contribution in [0.2, 0.25) is 5.02 Å². The third-order valence-electron chi connectivity index (χ3n) is 5.23. The van der Waals surface area contributed by atoms with Crippen LogP contribution in [0.15, 0.2) is 66.7 Å². The van der Waals surface area contributed by atoms with Gasteiger partial charge in [0.05, 0.1) is 12.3 Å². The third kappa shape index (κ3) is 5.89. The summed E-state index contributed by atoms with van der Waals surface area (Å²) >= 11 is 6.07. The van der Waals surface area contributed by atoms with Crippen LogP contribution in [-0.4, -0.2) is 36.0 Å². The van der Waals surface area contributed by atoms with Crippen molar-refractivity contribution < 1.29 is 19.4 Å². The molecule has 3 rings (SSSR count). The second-order valence-electron chi connectivity index (χ2n) is 7.90. The van der Waals surface area contributed by atoms with E-state index in [-0.39, 0.29) is 12.3 Å². The van der Waals surface area contributed by atoms with Crippen molar-refractivity contribution in [1.29, 1.82) is 0 Å². The maximum Gasteiger partial charge on any atom is 0.304 e. The quantitative estimate of drug-likeness (QED) is 0.488. The molecular weight excluding hydrogens is 426 g/mol. The Morgan fingerprint density at radius 2 is 1.75 bits per heavy atom. The van der Waals surface area contributed by atoms with Gasteiger partial charge in [-0.15, -0.1) is 0 Å². The molecule has 32 heavy (non-hydrogen) atoms. The Bertz CT molecular complexity index is 1110. The number of benzene rings is 3. The molecule has 0 unspecified atom stereocenters. The average molecular weight is 452 g/mol. The number of carboxylic acids is 1. The fraction of sp³-hybridized carbons (Fsp3) is 0.231. The highest BCUT2D eigenvalue weighted by Gasteiger charge is 2.25. The maximum absolute atomic E-state index is 12.4. The number of likely N-dealkylation sites (N-methyl/N-ethyl adjacent to an activating group) is 1. The van der Waals surface area contributed by atoms with Crippen LogP contribution in [0.3, 0.4) is 0 Å². The number of amides is 1. The number of ether oxygens (including phenoxy) is 1. The molecule has 0 aliphatic carbocycles. The van der Waals surface area contributed by atoms with E-state index < -0.39 is 11.9 Å². The van der Waals surface area contributed by atoms with Gasteiger partial charge in [0.15, 0.2) is 0 Å². The van der Waals surface area contributed by atoms with Gasteiger partial charge in [-0.1, -0.05) is 48.0 Å². The number of carbonyl (C=O) groups excluding carboxylic acids is 1. The highest BCUT2D eigenvalue weighted by atomic mass is 35.5. The van der Waals surface area contributed by atoms with Crippen LogP contribution < -0.4 is 4.74 Å². The lowest BCUT2D eigenvalue weighted by atomic mass is 9.94. The Morgan fingerprint density at radius 3 is 2.38 bits per heavy atom. The maximum atomic E-state index is 12.4. The van der Waals surface area contributed by atoms with Crippen LogP contribution in [0, 0.1) is 6.92 Å². The fourth-order valence-corrected chi connectivity index (χ4v) is 3.80. The van der Waals surface area contributed by atoms with E-state index in [4.69, 9.17) is 16.3 Å². The van der Waals surface area contributed by atoms with Crippen molar-refractivity contribution in [2.24, 2.45) is 0 Å². The number of carbonyl (C=O) groups is 2. The average Bonchev–Trinajstić information content (AvgIpc) is 2.76. The second-order valence-corrected chi connectivity index (χ2v) is 8.34. The van der Waals surface area contributed by atoms with E-state index in [2.05, 4.69) is 12.1 Å². The molecule has 0 aliphatic rings. The number of halogens is 1. The normalized spacial score (nSPS) is 11.6. The molecule has 0 aliphatic heterocycles. The SMILES string of the molecule is Cc1cc(Cl)ccc1-c1cccc(COc2ccc([C@H](CC(=O)O)C(=O)N(C)C)cc2)c1. The summed E-state index contributed by atoms with van der Waals surface area (Å²) < 4.78 is 5.92. The van der Waals surface area contributed by atoms with Crippen molar-refractivity contribution >= 4 is 23.5 Å². The monoisotopic (exact) mass is 451 g/mol. The highest BCUT2D eigenvalue weighted by Crippen LogP contribution is 2.28. The molecular formula is C26H26ClNO4. The van der Waals surface area contributed by atoms with Crippen LogP contribution >= 0.6 is 11.6 Å². The predicted octanol–water partition coefficient (Wildman–Crippen LogP) is 5.54. The van der Waals surface area contributed by atoms with Crippen LogP contribution in [-0.2, 0) is 16.2 Å². The van der Waals surface area contributed by atoms with E-state index in [0.29, 0.717) is 22.9 Å². The standard InChI is InChI=1S/C26H26ClNO4/c1-17-13-21(27)9-12-23(17)20-6-4-5-18(14-20)16-32-22-10-7-19(8-11-22)24(15-25(29)30)26(31)28(2)3/h4-14,24H,15-16H2,1-3H3,(H,29,30)/t24-/m0/s1. The summed E-state index contributed by atoms with van der Waals surface area (Å²) in [6, 6.07) is 21.0. The van der Waals surface area contributed by atoms with Crippen molar-refractivity contribution in [2.75, 3.05) is 14.1 Å². The Morgan fingerprint density at radius 1 is 1.03 bits per heavy atom. The van der Waals surface area contributed by atoms with Crippen molar-refractivity contribution in [1.82, 2.24) is 4.90 Å². The zero-order valence-electron chi connectivity index (χ0n) is 18.3. The third-order valence-corrected chi connectivity index (χ3v) is 5.47. The minimum Gasteiger partial charge on any atom is -0.489 e. The molecule has 0 radical (unpaired) electrons. The van der Waals surface area contributed by atoms with Gasteiger partial charge in [-0.2, -0.15) is 0 Å². The van der Waals surface area contributed by atoms with E-state index in [9.17, 15) is 14.7 Å². The zero-order valence-corrected chi connectivity index (χ0v) is 19.1. The largest absolute Gasteiger partial charge is 0.489 e. The number of nitrogens with zero attached hydrogens (tertiary/aromatic N) is 1. The number of rotatable bonds is 8. The van der Waals surface area contributed by atoms with Crippen molar-refractivity contribution in [3.63, 3.8) is 0 Å². The van der Waals surface area contributed by atoms with E-state index in [1.807, 2.05) is 37.3 Å². The van der Waals surface area contributed by atoms with Crippen LogP contribution in [0.4, 0.5) is 0 Å². The van der Waals surface area contributed by atoms with Crippen molar-refractivity contribution in [3.8, 4) is 16.9 Å². The summed E-state index contributed by atoms with van der Waals surface area (Å²) in [5.41, 5.74) is 4.99. The molecule has 0 saturated heterocycles. The van der Waals surface area contributed by atoms with Gasteiger partial charge in [-0.3, -0.25) is 9.59 Å². The molecule has 0 aromatic heterocycles. The van der Waals surface area contributed by atoms with Gasteiger partial charge in [0.25, 0.3) is 0 Å². The van der Waals surface area contributed by atoms with Crippen molar-refractivity contribution in [3.05, 3.63) is 88.4 Å². The summed E-state index contributed by atoms with van der Waals surface area (Å²) in [6.45, 7) is 2.42. The molecule has 5 nitrogen and oxygen atoms in total. The van der Waals surface area contributed by atoms with Gasteiger partial charge in [0, 0.05) is 19.1 Å². The summed E-state index contributed by atoms with van der Waals surface area (Å²) in [7, 11) is 3.24. The first kappa shape index (κ1) is 23.4. The minimum atomic E-state index is -1.01. The predicted molar refractivity (Wildman–Crippen MR) is 126 cm³/mol. The van der Waals surface area contributed by atoms with Gasteiger partial charge in [-0.05, 0) is 65.1 Å². The minimum absolute atomic E-state index is 0.240. The fourth-order valence-electron chi connectivity index (χ4n) is 3.58. The molecule has 3 aromatic carbocycles. The number of aryl methyl sites for hydroxylation is 1. The lowest BCUT2D eigenvalue weighted by Gasteiger charge is -2.19. The van der Waals surface area contributed by atoms with Gasteiger partial charge >= 0.3 is 5.97 Å². The lowest BCUT2D eigenvalue weighted by molar-refractivity contribution is -0.141. The molecule has 0 saturated carbocycles. The second kappa shape index (κ2) is 10.3. The first-order valence-electron chi connectivity index (χ1n) is 10.3. The first-order valence-corrected chi connectivity index (χ1v) is 10.6. The van der Waals surface area contributed by atoms with Crippen LogP contribution in [0.5, 0.6) is 5.75 Å². The molecule has 3 aromatic rings. The van der Waals surface area contributed by atoms with Gasteiger partial charge in [-0.25, -0.2) is 0 Å². The number of hydrogen-bond donors (Lipinski definition) is 1. The van der Waals surface area contributed by atoms with Crippen LogP contribution in [0.1, 0.15) is 29.0 Å². The van der Waals surface area contributed by atoms with E-state index >= 15 is 0 Å². The topological polar surface area (TPSA) is 66.8 Å².